The molecule has 1 fully saturated rings. The van der Waals surface area contributed by atoms with E-state index in [0.717, 1.165) is 36.3 Å². The Bertz CT molecular complexity index is 719. The number of hydrogen-bond acceptors (Lipinski definition) is 5. The third kappa shape index (κ3) is 3.19. The number of ether oxygens (including phenoxy) is 1. The number of nitrogens with one attached hydrogen (secondary N) is 1. The predicted octanol–water partition coefficient (Wildman–Crippen LogP) is 1.38. The quantitative estimate of drug-likeness (QED) is 0.888. The highest BCUT2D eigenvalue weighted by molar-refractivity contribution is 5.96. The van der Waals surface area contributed by atoms with Crippen LogP contribution in [-0.4, -0.2) is 40.2 Å². The molecule has 1 unspecified atom stereocenters. The van der Waals surface area contributed by atoms with Crippen molar-refractivity contribution in [3.63, 3.8) is 0 Å². The number of hydrogen-bond donors (Lipinski definition) is 2. The number of nitrogens with two attached hydrogens (primary N) is 1. The fourth-order valence-corrected chi connectivity index (χ4v) is 2.77. The standard InChI is InChI=1S/C16H21N5O2/c1-10-5-6-13(11(2)8-10)21-15(17)14(19-20-21)16(22)18-9-12-4-3-7-23-12/h5-6,8,12H,3-4,7,9,17H2,1-2H3,(H,18,22). The molecule has 7 heteroatoms. The van der Waals surface area contributed by atoms with Crippen LogP contribution < -0.4 is 11.1 Å². The van der Waals surface area contributed by atoms with E-state index in [1.807, 2.05) is 32.0 Å². The number of rotatable bonds is 4. The van der Waals surface area contributed by atoms with E-state index >= 15 is 0 Å². The van der Waals surface area contributed by atoms with E-state index in [-0.39, 0.29) is 23.5 Å². The van der Waals surface area contributed by atoms with Gasteiger partial charge >= 0.3 is 0 Å². The van der Waals surface area contributed by atoms with Crippen molar-refractivity contribution >= 4 is 11.7 Å². The summed E-state index contributed by atoms with van der Waals surface area (Å²) in [6.07, 6.45) is 2.07. The van der Waals surface area contributed by atoms with Gasteiger partial charge in [0.1, 0.15) is 0 Å². The highest BCUT2D eigenvalue weighted by atomic mass is 16.5. The number of carbonyl (C=O) groups excluding carboxylic acids is 1. The molecule has 1 aromatic heterocycles. The summed E-state index contributed by atoms with van der Waals surface area (Å²) in [5, 5.41) is 10.8. The van der Waals surface area contributed by atoms with Gasteiger partial charge in [0.15, 0.2) is 11.5 Å². The normalized spacial score (nSPS) is 17.4. The van der Waals surface area contributed by atoms with Gasteiger partial charge in [-0.05, 0) is 38.3 Å². The zero-order valence-electron chi connectivity index (χ0n) is 13.4. The first kappa shape index (κ1) is 15.5. The summed E-state index contributed by atoms with van der Waals surface area (Å²) in [4.78, 5) is 12.2. The summed E-state index contributed by atoms with van der Waals surface area (Å²) in [5.74, 6) is -0.0872. The maximum absolute atomic E-state index is 12.2. The van der Waals surface area contributed by atoms with Gasteiger partial charge in [0.05, 0.1) is 11.8 Å². The van der Waals surface area contributed by atoms with Crippen LogP contribution >= 0.6 is 0 Å². The monoisotopic (exact) mass is 315 g/mol. The number of anilines is 1. The van der Waals surface area contributed by atoms with Crippen LogP contribution in [0.4, 0.5) is 5.82 Å². The third-order valence-corrected chi connectivity index (χ3v) is 4.01. The van der Waals surface area contributed by atoms with Crippen LogP contribution in [0.25, 0.3) is 5.69 Å². The summed E-state index contributed by atoms with van der Waals surface area (Å²) in [7, 11) is 0. The molecule has 7 nitrogen and oxygen atoms in total. The topological polar surface area (TPSA) is 95.1 Å². The minimum atomic E-state index is -0.325. The molecule has 1 saturated heterocycles. The van der Waals surface area contributed by atoms with Crippen LogP contribution in [0.1, 0.15) is 34.5 Å². The van der Waals surface area contributed by atoms with Gasteiger partial charge in [-0.3, -0.25) is 4.79 Å². The van der Waals surface area contributed by atoms with Crippen molar-refractivity contribution in [3.8, 4) is 5.69 Å². The Labute approximate surface area is 134 Å². The van der Waals surface area contributed by atoms with Gasteiger partial charge in [0.2, 0.25) is 0 Å². The van der Waals surface area contributed by atoms with Gasteiger partial charge in [-0.2, -0.15) is 4.68 Å². The van der Waals surface area contributed by atoms with E-state index < -0.39 is 0 Å². The van der Waals surface area contributed by atoms with Crippen LogP contribution in [-0.2, 0) is 4.74 Å². The van der Waals surface area contributed by atoms with Crippen LogP contribution in [0.5, 0.6) is 0 Å². The van der Waals surface area contributed by atoms with Crippen LogP contribution in [0, 0.1) is 13.8 Å². The summed E-state index contributed by atoms with van der Waals surface area (Å²) >= 11 is 0. The van der Waals surface area contributed by atoms with Crippen molar-refractivity contribution in [2.24, 2.45) is 0 Å². The van der Waals surface area contributed by atoms with E-state index in [9.17, 15) is 4.79 Å². The molecule has 0 aliphatic carbocycles. The SMILES string of the molecule is Cc1ccc(-n2nnc(C(=O)NCC3CCCO3)c2N)c(C)c1. The summed E-state index contributed by atoms with van der Waals surface area (Å²) < 4.78 is 6.98. The van der Waals surface area contributed by atoms with Crippen molar-refractivity contribution in [2.75, 3.05) is 18.9 Å². The first-order chi connectivity index (χ1) is 11.1. The van der Waals surface area contributed by atoms with E-state index in [1.165, 1.54) is 4.68 Å². The Morgan fingerprint density at radius 2 is 2.30 bits per heavy atom. The molecule has 0 spiro atoms. The van der Waals surface area contributed by atoms with Gasteiger partial charge in [0, 0.05) is 13.2 Å². The molecule has 1 aromatic carbocycles. The Kier molecular flexibility index (Phi) is 4.29. The molecule has 1 aliphatic rings. The van der Waals surface area contributed by atoms with Crippen molar-refractivity contribution in [1.82, 2.24) is 20.3 Å². The van der Waals surface area contributed by atoms with Crippen molar-refractivity contribution in [3.05, 3.63) is 35.0 Å². The van der Waals surface area contributed by atoms with Gasteiger partial charge in [0.25, 0.3) is 5.91 Å². The van der Waals surface area contributed by atoms with E-state index in [2.05, 4.69) is 15.6 Å². The molecule has 2 heterocycles. The molecule has 3 N–H and O–H groups in total. The number of aryl methyl sites for hydroxylation is 2. The molecule has 122 valence electrons. The highest BCUT2D eigenvalue weighted by Gasteiger charge is 2.21. The minimum absolute atomic E-state index is 0.0783. The maximum atomic E-state index is 12.2. The van der Waals surface area contributed by atoms with E-state index in [0.29, 0.717) is 6.54 Å². The molecule has 0 radical (unpaired) electrons. The molecular formula is C16H21N5O2. The van der Waals surface area contributed by atoms with Crippen LogP contribution in [0.2, 0.25) is 0 Å². The van der Waals surface area contributed by atoms with Crippen molar-refractivity contribution in [2.45, 2.75) is 32.8 Å². The lowest BCUT2D eigenvalue weighted by atomic mass is 10.1. The van der Waals surface area contributed by atoms with Crippen molar-refractivity contribution < 1.29 is 9.53 Å². The fraction of sp³-hybridized carbons (Fsp3) is 0.438. The predicted molar refractivity (Wildman–Crippen MR) is 86.6 cm³/mol. The third-order valence-electron chi connectivity index (χ3n) is 4.01. The Hall–Kier alpha value is -2.41. The second-order valence-electron chi connectivity index (χ2n) is 5.87. The average molecular weight is 315 g/mol. The summed E-state index contributed by atoms with van der Waals surface area (Å²) in [5.41, 5.74) is 9.21. The number of benzene rings is 1. The zero-order chi connectivity index (χ0) is 16.4. The minimum Gasteiger partial charge on any atom is -0.382 e. The maximum Gasteiger partial charge on any atom is 0.275 e. The molecule has 3 rings (SSSR count). The van der Waals surface area contributed by atoms with Gasteiger partial charge in [-0.15, -0.1) is 5.10 Å². The van der Waals surface area contributed by atoms with Gasteiger partial charge in [-0.1, -0.05) is 22.9 Å². The molecule has 0 bridgehead atoms. The Morgan fingerprint density at radius 3 is 3.00 bits per heavy atom. The van der Waals surface area contributed by atoms with Gasteiger partial charge in [-0.25, -0.2) is 0 Å². The Balaban J connectivity index is 1.77. The van der Waals surface area contributed by atoms with Crippen molar-refractivity contribution in [1.29, 1.82) is 0 Å². The largest absolute Gasteiger partial charge is 0.382 e. The lowest BCUT2D eigenvalue weighted by Gasteiger charge is -2.10. The lowest BCUT2D eigenvalue weighted by molar-refractivity contribution is 0.0854. The average Bonchev–Trinajstić information content (AvgIpc) is 3.15. The molecule has 23 heavy (non-hydrogen) atoms. The molecule has 1 aliphatic heterocycles. The first-order valence-electron chi connectivity index (χ1n) is 7.75. The fourth-order valence-electron chi connectivity index (χ4n) is 2.77. The molecule has 1 amide bonds. The smallest absolute Gasteiger partial charge is 0.275 e. The molecule has 1 atom stereocenters. The van der Waals surface area contributed by atoms with E-state index in [4.69, 9.17) is 10.5 Å². The van der Waals surface area contributed by atoms with Crippen LogP contribution in [0.3, 0.4) is 0 Å². The first-order valence-corrected chi connectivity index (χ1v) is 7.75. The second-order valence-corrected chi connectivity index (χ2v) is 5.87. The number of carbonyl (C=O) groups is 1. The highest BCUT2D eigenvalue weighted by Crippen LogP contribution is 2.19. The van der Waals surface area contributed by atoms with Crippen LogP contribution in [0.15, 0.2) is 18.2 Å². The second kappa shape index (κ2) is 6.37. The molecule has 0 saturated carbocycles. The zero-order valence-corrected chi connectivity index (χ0v) is 13.4. The number of aromatic nitrogens is 3. The number of nitrogens with zero attached hydrogens (tertiary/aromatic N) is 3. The lowest BCUT2D eigenvalue weighted by Crippen LogP contribution is -2.32. The number of amides is 1. The summed E-state index contributed by atoms with van der Waals surface area (Å²) in [6.45, 7) is 5.21. The molecule has 2 aromatic rings. The van der Waals surface area contributed by atoms with Gasteiger partial charge < -0.3 is 15.8 Å². The molecular weight excluding hydrogens is 294 g/mol. The summed E-state index contributed by atoms with van der Waals surface area (Å²) in [6, 6.07) is 5.93. The van der Waals surface area contributed by atoms with E-state index in [1.54, 1.807) is 0 Å². The Morgan fingerprint density at radius 1 is 1.48 bits per heavy atom. The number of nitrogen functional groups attached to an aromatic ring is 1.